The lowest BCUT2D eigenvalue weighted by Gasteiger charge is -2.22. The lowest BCUT2D eigenvalue weighted by Crippen LogP contribution is -2.44. The van der Waals surface area contributed by atoms with Crippen molar-refractivity contribution in [3.63, 3.8) is 0 Å². The van der Waals surface area contributed by atoms with Crippen LogP contribution in [0.2, 0.25) is 0 Å². The topological polar surface area (TPSA) is 49.3 Å². The third kappa shape index (κ3) is 6.10. The maximum Gasteiger partial charge on any atom is 0.321 e. The molecule has 24 heavy (non-hydrogen) atoms. The van der Waals surface area contributed by atoms with E-state index in [9.17, 15) is 9.90 Å². The predicted molar refractivity (Wildman–Crippen MR) is 101 cm³/mol. The molecule has 2 aromatic carbocycles. The molecule has 0 aliphatic rings. The Morgan fingerprint density at radius 1 is 1.08 bits per heavy atom. The molecule has 1 unspecified atom stereocenters. The maximum atomic E-state index is 11.6. The second kappa shape index (κ2) is 9.60. The van der Waals surface area contributed by atoms with Crippen molar-refractivity contribution in [1.29, 1.82) is 0 Å². The first-order valence-electron chi connectivity index (χ1n) is 8.35. The molecular weight excluding hydrogens is 366 g/mol. The summed E-state index contributed by atoms with van der Waals surface area (Å²) >= 11 is 3.44. The number of aryl methyl sites for hydroxylation is 1. The lowest BCUT2D eigenvalue weighted by molar-refractivity contribution is -0.139. The van der Waals surface area contributed by atoms with Crippen molar-refractivity contribution in [1.82, 2.24) is 5.32 Å². The molecule has 3 nitrogen and oxygen atoms in total. The Morgan fingerprint density at radius 2 is 1.75 bits per heavy atom. The van der Waals surface area contributed by atoms with Gasteiger partial charge in [0.25, 0.3) is 0 Å². The Hall–Kier alpha value is -1.65. The molecule has 2 rings (SSSR count). The van der Waals surface area contributed by atoms with Gasteiger partial charge in [-0.25, -0.2) is 0 Å². The number of carboxylic acid groups (broad SMARTS) is 1. The van der Waals surface area contributed by atoms with Crippen molar-refractivity contribution in [3.8, 4) is 0 Å². The second-order valence-electron chi connectivity index (χ2n) is 6.02. The smallest absolute Gasteiger partial charge is 0.321 e. The van der Waals surface area contributed by atoms with Gasteiger partial charge in [-0.3, -0.25) is 4.79 Å². The fourth-order valence-electron chi connectivity index (χ4n) is 2.75. The Kier molecular flexibility index (Phi) is 7.47. The first-order chi connectivity index (χ1) is 11.6. The summed E-state index contributed by atoms with van der Waals surface area (Å²) in [6.45, 7) is 2.10. The molecule has 0 radical (unpaired) electrons. The number of benzene rings is 2. The van der Waals surface area contributed by atoms with E-state index in [1.54, 1.807) is 0 Å². The zero-order chi connectivity index (χ0) is 17.4. The number of halogens is 1. The van der Waals surface area contributed by atoms with E-state index in [4.69, 9.17) is 0 Å². The standard InChI is InChI=1S/C20H24BrNO2/c1-2-18(13-10-15-8-11-17(21)12-9-15)22-19(20(23)24)14-16-6-4-3-5-7-16/h3-9,11-12,18-19,22H,2,10,13-14H2,1H3,(H,23,24)/t18?,19-/m1/s1. The number of hydrogen-bond donors (Lipinski definition) is 2. The molecule has 0 bridgehead atoms. The average molecular weight is 390 g/mol. The fourth-order valence-corrected chi connectivity index (χ4v) is 3.01. The zero-order valence-electron chi connectivity index (χ0n) is 13.9. The van der Waals surface area contributed by atoms with E-state index in [1.807, 2.05) is 42.5 Å². The van der Waals surface area contributed by atoms with Gasteiger partial charge in [-0.1, -0.05) is 65.3 Å². The van der Waals surface area contributed by atoms with Gasteiger partial charge in [0, 0.05) is 10.5 Å². The molecule has 4 heteroatoms. The minimum atomic E-state index is -0.791. The molecule has 2 aromatic rings. The molecule has 0 fully saturated rings. The number of carboxylic acids is 1. The van der Waals surface area contributed by atoms with Crippen molar-refractivity contribution in [2.45, 2.75) is 44.7 Å². The van der Waals surface area contributed by atoms with Gasteiger partial charge in [-0.15, -0.1) is 0 Å². The maximum absolute atomic E-state index is 11.6. The number of hydrogen-bond acceptors (Lipinski definition) is 2. The number of aliphatic carboxylic acids is 1. The summed E-state index contributed by atoms with van der Waals surface area (Å²) in [6, 6.07) is 17.7. The van der Waals surface area contributed by atoms with Crippen LogP contribution in [0.1, 0.15) is 30.9 Å². The predicted octanol–water partition coefficient (Wildman–Crippen LogP) is 4.45. The van der Waals surface area contributed by atoms with Crippen LogP contribution in [0, 0.1) is 0 Å². The summed E-state index contributed by atoms with van der Waals surface area (Å²) in [5.74, 6) is -0.791. The van der Waals surface area contributed by atoms with Crippen LogP contribution < -0.4 is 5.32 Å². The molecule has 0 amide bonds. The quantitative estimate of drug-likeness (QED) is 0.665. The van der Waals surface area contributed by atoms with Gasteiger partial charge in [-0.2, -0.15) is 0 Å². The van der Waals surface area contributed by atoms with Crippen LogP contribution in [0.25, 0.3) is 0 Å². The van der Waals surface area contributed by atoms with Crippen LogP contribution in [0.5, 0.6) is 0 Å². The molecule has 0 aliphatic carbocycles. The van der Waals surface area contributed by atoms with Crippen molar-refractivity contribution < 1.29 is 9.90 Å². The summed E-state index contributed by atoms with van der Waals surface area (Å²) in [5, 5.41) is 12.9. The third-order valence-electron chi connectivity index (χ3n) is 4.21. The highest BCUT2D eigenvalue weighted by Crippen LogP contribution is 2.14. The first kappa shape index (κ1) is 18.7. The normalized spacial score (nSPS) is 13.4. The summed E-state index contributed by atoms with van der Waals surface area (Å²) in [7, 11) is 0. The summed E-state index contributed by atoms with van der Waals surface area (Å²) in [5.41, 5.74) is 2.31. The highest BCUT2D eigenvalue weighted by Gasteiger charge is 2.21. The van der Waals surface area contributed by atoms with Gasteiger partial charge < -0.3 is 10.4 Å². The van der Waals surface area contributed by atoms with E-state index >= 15 is 0 Å². The van der Waals surface area contributed by atoms with E-state index in [2.05, 4.69) is 40.3 Å². The van der Waals surface area contributed by atoms with Crippen LogP contribution in [-0.2, 0) is 17.6 Å². The van der Waals surface area contributed by atoms with Crippen molar-refractivity contribution >= 4 is 21.9 Å². The Bertz CT molecular complexity index is 628. The van der Waals surface area contributed by atoms with Gasteiger partial charge in [-0.05, 0) is 48.9 Å². The molecule has 0 spiro atoms. The first-order valence-corrected chi connectivity index (χ1v) is 9.15. The van der Waals surface area contributed by atoms with Crippen molar-refractivity contribution in [2.24, 2.45) is 0 Å². The molecule has 0 saturated carbocycles. The van der Waals surface area contributed by atoms with Gasteiger partial charge in [0.2, 0.25) is 0 Å². The third-order valence-corrected chi connectivity index (χ3v) is 4.73. The largest absolute Gasteiger partial charge is 0.480 e. The van der Waals surface area contributed by atoms with E-state index in [0.717, 1.165) is 29.3 Å². The summed E-state index contributed by atoms with van der Waals surface area (Å²) in [4.78, 5) is 11.6. The average Bonchev–Trinajstić information content (AvgIpc) is 2.59. The van der Waals surface area contributed by atoms with Crippen molar-refractivity contribution in [3.05, 3.63) is 70.2 Å². The zero-order valence-corrected chi connectivity index (χ0v) is 15.5. The number of carbonyl (C=O) groups is 1. The lowest BCUT2D eigenvalue weighted by atomic mass is 10.0. The van der Waals surface area contributed by atoms with Crippen LogP contribution in [0.3, 0.4) is 0 Å². The van der Waals surface area contributed by atoms with Crippen LogP contribution in [-0.4, -0.2) is 23.2 Å². The monoisotopic (exact) mass is 389 g/mol. The van der Waals surface area contributed by atoms with Crippen LogP contribution in [0.15, 0.2) is 59.1 Å². The van der Waals surface area contributed by atoms with E-state index in [-0.39, 0.29) is 6.04 Å². The van der Waals surface area contributed by atoms with Crippen LogP contribution >= 0.6 is 15.9 Å². The van der Waals surface area contributed by atoms with Crippen LogP contribution in [0.4, 0.5) is 0 Å². The molecule has 128 valence electrons. The molecule has 0 aliphatic heterocycles. The van der Waals surface area contributed by atoms with E-state index < -0.39 is 12.0 Å². The van der Waals surface area contributed by atoms with Gasteiger partial charge in [0.05, 0.1) is 0 Å². The Balaban J connectivity index is 1.92. The number of nitrogens with one attached hydrogen (secondary N) is 1. The molecule has 0 aromatic heterocycles. The molecule has 0 heterocycles. The summed E-state index contributed by atoms with van der Waals surface area (Å²) < 4.78 is 1.07. The fraction of sp³-hybridized carbons (Fsp3) is 0.350. The van der Waals surface area contributed by atoms with E-state index in [0.29, 0.717) is 6.42 Å². The SMILES string of the molecule is CCC(CCc1ccc(Br)cc1)N[C@H](Cc1ccccc1)C(=O)O. The summed E-state index contributed by atoms with van der Waals surface area (Å²) in [6.07, 6.45) is 3.28. The molecular formula is C20H24BrNO2. The van der Waals surface area contributed by atoms with Gasteiger partial charge in [0.1, 0.15) is 6.04 Å². The highest BCUT2D eigenvalue weighted by molar-refractivity contribution is 9.10. The van der Waals surface area contributed by atoms with Gasteiger partial charge >= 0.3 is 5.97 Å². The Morgan fingerprint density at radius 3 is 2.33 bits per heavy atom. The molecule has 2 N–H and O–H groups in total. The Labute approximate surface area is 152 Å². The minimum Gasteiger partial charge on any atom is -0.480 e. The van der Waals surface area contributed by atoms with Crippen molar-refractivity contribution in [2.75, 3.05) is 0 Å². The number of rotatable bonds is 9. The second-order valence-corrected chi connectivity index (χ2v) is 6.93. The van der Waals surface area contributed by atoms with Gasteiger partial charge in [0.15, 0.2) is 0 Å². The molecule has 0 saturated heterocycles. The highest BCUT2D eigenvalue weighted by atomic mass is 79.9. The minimum absolute atomic E-state index is 0.193. The molecule has 2 atom stereocenters. The van der Waals surface area contributed by atoms with E-state index in [1.165, 1.54) is 5.56 Å².